The molecule has 0 aromatic heterocycles. The molecule has 1 heterocycles. The number of nitrogens with one attached hydrogen (secondary N) is 1. The predicted molar refractivity (Wildman–Crippen MR) is 124 cm³/mol. The SMILES string of the molecule is CC(C)(C)OC(=O)c1ccc(NC2CCN(c3ccc4ccccc4c3)CC2)cc1. The molecule has 156 valence electrons. The molecule has 0 atom stereocenters. The highest BCUT2D eigenvalue weighted by molar-refractivity contribution is 5.90. The second-order valence-electron chi connectivity index (χ2n) is 9.02. The maximum atomic E-state index is 12.2. The van der Waals surface area contributed by atoms with E-state index in [1.807, 2.05) is 45.0 Å². The lowest BCUT2D eigenvalue weighted by Crippen LogP contribution is -2.39. The van der Waals surface area contributed by atoms with Crippen LogP contribution in [0.3, 0.4) is 0 Å². The van der Waals surface area contributed by atoms with Crippen molar-refractivity contribution in [1.29, 1.82) is 0 Å². The Morgan fingerprint density at radius 3 is 2.27 bits per heavy atom. The molecule has 0 saturated carbocycles. The van der Waals surface area contributed by atoms with E-state index in [-0.39, 0.29) is 5.97 Å². The molecule has 30 heavy (non-hydrogen) atoms. The van der Waals surface area contributed by atoms with E-state index in [0.29, 0.717) is 11.6 Å². The van der Waals surface area contributed by atoms with Gasteiger partial charge in [-0.05, 0) is 80.8 Å². The van der Waals surface area contributed by atoms with Crippen LogP contribution in [0.4, 0.5) is 11.4 Å². The minimum Gasteiger partial charge on any atom is -0.456 e. The summed E-state index contributed by atoms with van der Waals surface area (Å²) >= 11 is 0. The van der Waals surface area contributed by atoms with Crippen LogP contribution >= 0.6 is 0 Å². The van der Waals surface area contributed by atoms with Crippen LogP contribution in [0.25, 0.3) is 10.8 Å². The number of ether oxygens (including phenoxy) is 1. The Bertz CT molecular complexity index is 1010. The fourth-order valence-electron chi connectivity index (χ4n) is 3.93. The lowest BCUT2D eigenvalue weighted by Gasteiger charge is -2.34. The molecular formula is C26H30N2O2. The summed E-state index contributed by atoms with van der Waals surface area (Å²) in [6.07, 6.45) is 2.17. The van der Waals surface area contributed by atoms with Gasteiger partial charge in [0.05, 0.1) is 5.56 Å². The van der Waals surface area contributed by atoms with Crippen molar-refractivity contribution >= 4 is 28.1 Å². The first-order valence-electron chi connectivity index (χ1n) is 10.7. The second kappa shape index (κ2) is 8.39. The van der Waals surface area contributed by atoms with Gasteiger partial charge in [0.2, 0.25) is 0 Å². The van der Waals surface area contributed by atoms with Crippen molar-refractivity contribution in [3.05, 3.63) is 72.3 Å². The molecule has 1 aliphatic rings. The largest absolute Gasteiger partial charge is 0.456 e. The molecule has 1 saturated heterocycles. The number of nitrogens with zero attached hydrogens (tertiary/aromatic N) is 1. The van der Waals surface area contributed by atoms with Gasteiger partial charge in [0, 0.05) is 30.5 Å². The molecule has 1 N–H and O–H groups in total. The molecule has 0 aliphatic carbocycles. The van der Waals surface area contributed by atoms with E-state index >= 15 is 0 Å². The van der Waals surface area contributed by atoms with Gasteiger partial charge in [0.1, 0.15) is 5.60 Å². The van der Waals surface area contributed by atoms with Gasteiger partial charge in [-0.25, -0.2) is 4.79 Å². The number of rotatable bonds is 4. The van der Waals surface area contributed by atoms with Gasteiger partial charge in [-0.3, -0.25) is 0 Å². The normalized spacial score (nSPS) is 15.2. The molecule has 4 rings (SSSR count). The number of hydrogen-bond acceptors (Lipinski definition) is 4. The van der Waals surface area contributed by atoms with E-state index in [1.165, 1.54) is 16.5 Å². The molecule has 1 fully saturated rings. The third kappa shape index (κ3) is 4.93. The zero-order valence-corrected chi connectivity index (χ0v) is 18.0. The Morgan fingerprint density at radius 1 is 0.933 bits per heavy atom. The number of benzene rings is 3. The fourth-order valence-corrected chi connectivity index (χ4v) is 3.93. The Labute approximate surface area is 178 Å². The standard InChI is InChI=1S/C26H30N2O2/c1-26(2,3)30-25(29)20-8-11-22(12-9-20)27-23-14-16-28(17-15-23)24-13-10-19-6-4-5-7-21(19)18-24/h4-13,18,23,27H,14-17H2,1-3H3. The van der Waals surface area contributed by atoms with Crippen LogP contribution in [0.1, 0.15) is 44.0 Å². The first-order chi connectivity index (χ1) is 14.4. The van der Waals surface area contributed by atoms with Crippen molar-refractivity contribution in [2.24, 2.45) is 0 Å². The molecule has 4 nitrogen and oxygen atoms in total. The van der Waals surface area contributed by atoms with Crippen molar-refractivity contribution in [2.45, 2.75) is 45.3 Å². The highest BCUT2D eigenvalue weighted by atomic mass is 16.6. The van der Waals surface area contributed by atoms with Gasteiger partial charge in [-0.1, -0.05) is 30.3 Å². The van der Waals surface area contributed by atoms with E-state index in [4.69, 9.17) is 4.74 Å². The van der Waals surface area contributed by atoms with E-state index in [1.54, 1.807) is 0 Å². The zero-order valence-electron chi connectivity index (χ0n) is 18.0. The quantitative estimate of drug-likeness (QED) is 0.554. The minimum atomic E-state index is -0.479. The maximum Gasteiger partial charge on any atom is 0.338 e. The lowest BCUT2D eigenvalue weighted by atomic mass is 10.0. The van der Waals surface area contributed by atoms with Gasteiger partial charge < -0.3 is 15.0 Å². The minimum absolute atomic E-state index is 0.280. The van der Waals surface area contributed by atoms with Crippen LogP contribution in [-0.2, 0) is 4.74 Å². The predicted octanol–water partition coefficient (Wildman–Crippen LogP) is 5.88. The van der Waals surface area contributed by atoms with Crippen molar-refractivity contribution in [3.63, 3.8) is 0 Å². The van der Waals surface area contributed by atoms with Gasteiger partial charge in [0.25, 0.3) is 0 Å². The van der Waals surface area contributed by atoms with Crippen molar-refractivity contribution < 1.29 is 9.53 Å². The summed E-state index contributed by atoms with van der Waals surface area (Å²) < 4.78 is 5.43. The summed E-state index contributed by atoms with van der Waals surface area (Å²) in [5, 5.41) is 6.19. The molecule has 3 aromatic rings. The first-order valence-corrected chi connectivity index (χ1v) is 10.7. The number of carbonyl (C=O) groups excluding carboxylic acids is 1. The molecule has 1 aliphatic heterocycles. The van der Waals surface area contributed by atoms with Gasteiger partial charge in [0.15, 0.2) is 0 Å². The molecule has 3 aromatic carbocycles. The Kier molecular flexibility index (Phi) is 5.67. The molecule has 0 spiro atoms. The molecule has 4 heteroatoms. The molecular weight excluding hydrogens is 372 g/mol. The summed E-state index contributed by atoms with van der Waals surface area (Å²) in [6.45, 7) is 7.71. The van der Waals surface area contributed by atoms with Crippen LogP contribution in [-0.4, -0.2) is 30.7 Å². The highest BCUT2D eigenvalue weighted by Crippen LogP contribution is 2.26. The third-order valence-electron chi connectivity index (χ3n) is 5.48. The third-order valence-corrected chi connectivity index (χ3v) is 5.48. The Balaban J connectivity index is 1.32. The molecule has 0 unspecified atom stereocenters. The molecule has 0 bridgehead atoms. The maximum absolute atomic E-state index is 12.2. The summed E-state index contributed by atoms with van der Waals surface area (Å²) in [7, 11) is 0. The zero-order chi connectivity index (χ0) is 21.1. The van der Waals surface area contributed by atoms with Crippen LogP contribution in [0.5, 0.6) is 0 Å². The van der Waals surface area contributed by atoms with Crippen LogP contribution in [0, 0.1) is 0 Å². The summed E-state index contributed by atoms with van der Waals surface area (Å²) in [4.78, 5) is 14.6. The number of hydrogen-bond donors (Lipinski definition) is 1. The molecule has 0 radical (unpaired) electrons. The molecule has 0 amide bonds. The Morgan fingerprint density at radius 2 is 1.60 bits per heavy atom. The summed E-state index contributed by atoms with van der Waals surface area (Å²) in [6, 6.07) is 23.3. The number of esters is 1. The van der Waals surface area contributed by atoms with Gasteiger partial charge in [-0.2, -0.15) is 0 Å². The van der Waals surface area contributed by atoms with Crippen LogP contribution in [0.15, 0.2) is 66.7 Å². The van der Waals surface area contributed by atoms with Crippen LogP contribution in [0.2, 0.25) is 0 Å². The number of anilines is 2. The van der Waals surface area contributed by atoms with Gasteiger partial charge in [-0.15, -0.1) is 0 Å². The van der Waals surface area contributed by atoms with Crippen molar-refractivity contribution in [2.75, 3.05) is 23.3 Å². The lowest BCUT2D eigenvalue weighted by molar-refractivity contribution is 0.00696. The first kappa shape index (κ1) is 20.3. The average molecular weight is 403 g/mol. The highest BCUT2D eigenvalue weighted by Gasteiger charge is 2.20. The monoisotopic (exact) mass is 402 g/mol. The summed E-state index contributed by atoms with van der Waals surface area (Å²) in [5.41, 5.74) is 2.45. The number of carbonyl (C=O) groups is 1. The van der Waals surface area contributed by atoms with E-state index < -0.39 is 5.60 Å². The van der Waals surface area contributed by atoms with Gasteiger partial charge >= 0.3 is 5.97 Å². The van der Waals surface area contributed by atoms with E-state index in [2.05, 4.69) is 52.7 Å². The fraction of sp³-hybridized carbons (Fsp3) is 0.346. The smallest absolute Gasteiger partial charge is 0.338 e. The van der Waals surface area contributed by atoms with E-state index in [0.717, 1.165) is 31.6 Å². The van der Waals surface area contributed by atoms with Crippen molar-refractivity contribution in [1.82, 2.24) is 0 Å². The van der Waals surface area contributed by atoms with Crippen molar-refractivity contribution in [3.8, 4) is 0 Å². The second-order valence-corrected chi connectivity index (χ2v) is 9.02. The number of fused-ring (bicyclic) bond motifs is 1. The Hall–Kier alpha value is -3.01. The van der Waals surface area contributed by atoms with E-state index in [9.17, 15) is 4.79 Å². The topological polar surface area (TPSA) is 41.6 Å². The number of piperidine rings is 1. The van der Waals surface area contributed by atoms with Crippen LogP contribution < -0.4 is 10.2 Å². The average Bonchev–Trinajstić information content (AvgIpc) is 2.73. The summed E-state index contributed by atoms with van der Waals surface area (Å²) in [5.74, 6) is -0.280.